The summed E-state index contributed by atoms with van der Waals surface area (Å²) in [6.45, 7) is 0. The van der Waals surface area contributed by atoms with E-state index in [1.54, 1.807) is 0 Å². The zero-order valence-electron chi connectivity index (χ0n) is 7.62. The van der Waals surface area contributed by atoms with Crippen molar-refractivity contribution in [3.05, 3.63) is 22.0 Å². The number of hydrazone groups is 1. The van der Waals surface area contributed by atoms with Gasteiger partial charge in [0.25, 0.3) is 0 Å². The molecule has 1 aromatic rings. The molecule has 0 spiro atoms. The molecule has 0 radical (unpaired) electrons. The van der Waals surface area contributed by atoms with Crippen molar-refractivity contribution in [1.29, 1.82) is 0 Å². The van der Waals surface area contributed by atoms with Gasteiger partial charge >= 0.3 is 5.95 Å². The Morgan fingerprint density at radius 3 is 3.07 bits per heavy atom. The van der Waals surface area contributed by atoms with E-state index in [-0.39, 0.29) is 10.3 Å². The predicted octanol–water partition coefficient (Wildman–Crippen LogP) is 0.466. The summed E-state index contributed by atoms with van der Waals surface area (Å²) in [5, 5.41) is 14.1. The van der Waals surface area contributed by atoms with Gasteiger partial charge in [-0.15, -0.1) is 12.6 Å². The fourth-order valence-corrected chi connectivity index (χ4v) is 0.966. The molecule has 7 nitrogen and oxygen atoms in total. The van der Waals surface area contributed by atoms with E-state index in [1.807, 2.05) is 0 Å². The van der Waals surface area contributed by atoms with Gasteiger partial charge in [-0.2, -0.15) is 5.10 Å². The Bertz CT molecular complexity index is 427. The molecule has 0 atom stereocenters. The molecular formula is C6H7N5O2S2. The standard InChI is InChI=1S/C6H7N5O2S2/c1-10-4(3-8-9-6(14)15)2-7-5(10)11(12)13/h2-3H,1H3,(H2,9,14,15). The van der Waals surface area contributed by atoms with E-state index in [0.29, 0.717) is 5.69 Å². The number of hydrogen-bond donors (Lipinski definition) is 2. The Labute approximate surface area is 95.7 Å². The summed E-state index contributed by atoms with van der Waals surface area (Å²) in [6.07, 6.45) is 2.70. The van der Waals surface area contributed by atoms with Crippen molar-refractivity contribution in [2.75, 3.05) is 0 Å². The molecule has 1 heterocycles. The summed E-state index contributed by atoms with van der Waals surface area (Å²) < 4.78 is 1.51. The Kier molecular flexibility index (Phi) is 3.74. The van der Waals surface area contributed by atoms with E-state index in [1.165, 1.54) is 24.0 Å². The van der Waals surface area contributed by atoms with Crippen molar-refractivity contribution < 1.29 is 4.92 Å². The SMILES string of the molecule is Cn1c(C=NNC(=S)S)cnc1[N+](=O)[O-]. The van der Waals surface area contributed by atoms with Crippen LogP contribution in [-0.2, 0) is 7.05 Å². The summed E-state index contributed by atoms with van der Waals surface area (Å²) in [6, 6.07) is 0. The average molecular weight is 245 g/mol. The Balaban J connectivity index is 2.83. The first-order valence-corrected chi connectivity index (χ1v) is 4.56. The van der Waals surface area contributed by atoms with E-state index < -0.39 is 4.92 Å². The zero-order chi connectivity index (χ0) is 11.4. The van der Waals surface area contributed by atoms with Crippen LogP contribution in [0.4, 0.5) is 5.95 Å². The second-order valence-electron chi connectivity index (χ2n) is 2.47. The maximum absolute atomic E-state index is 10.4. The minimum Gasteiger partial charge on any atom is -0.390 e. The number of nitro groups is 1. The molecule has 0 aromatic carbocycles. The number of thiol groups is 1. The fraction of sp³-hybridized carbons (Fsp3) is 0.167. The van der Waals surface area contributed by atoms with Gasteiger partial charge in [-0.05, 0) is 4.92 Å². The number of aromatic nitrogens is 2. The topological polar surface area (TPSA) is 85.3 Å². The van der Waals surface area contributed by atoms with Crippen LogP contribution < -0.4 is 5.43 Å². The molecule has 1 aromatic heterocycles. The van der Waals surface area contributed by atoms with Crippen molar-refractivity contribution in [2.45, 2.75) is 0 Å². The number of nitrogens with one attached hydrogen (secondary N) is 1. The summed E-state index contributed by atoms with van der Waals surface area (Å²) >= 11 is 8.38. The summed E-state index contributed by atoms with van der Waals surface area (Å²) in [5.74, 6) is -0.245. The molecule has 0 amide bonds. The zero-order valence-corrected chi connectivity index (χ0v) is 9.33. The van der Waals surface area contributed by atoms with Gasteiger partial charge in [0.1, 0.15) is 6.20 Å². The van der Waals surface area contributed by atoms with Gasteiger partial charge in [0.2, 0.25) is 0 Å². The third-order valence-electron chi connectivity index (χ3n) is 1.52. The van der Waals surface area contributed by atoms with Crippen molar-refractivity contribution in [3.8, 4) is 0 Å². The minimum atomic E-state index is -0.575. The van der Waals surface area contributed by atoms with Crippen molar-refractivity contribution in [1.82, 2.24) is 15.0 Å². The Morgan fingerprint density at radius 1 is 1.93 bits per heavy atom. The Hall–Kier alpha value is -1.48. The van der Waals surface area contributed by atoms with Crippen molar-refractivity contribution in [2.24, 2.45) is 12.1 Å². The van der Waals surface area contributed by atoms with Gasteiger partial charge in [0, 0.05) is 0 Å². The molecule has 0 saturated heterocycles. The molecular weight excluding hydrogens is 238 g/mol. The molecule has 9 heteroatoms. The largest absolute Gasteiger partial charge is 0.434 e. The molecule has 0 bridgehead atoms. The maximum Gasteiger partial charge on any atom is 0.434 e. The molecule has 0 aliphatic heterocycles. The maximum atomic E-state index is 10.4. The lowest BCUT2D eigenvalue weighted by Gasteiger charge is -1.95. The third kappa shape index (κ3) is 2.99. The van der Waals surface area contributed by atoms with Crippen LogP contribution in [0.15, 0.2) is 11.3 Å². The van der Waals surface area contributed by atoms with Crippen LogP contribution >= 0.6 is 24.8 Å². The molecule has 0 aliphatic carbocycles. The highest BCUT2D eigenvalue weighted by molar-refractivity contribution is 8.11. The first-order valence-electron chi connectivity index (χ1n) is 3.70. The third-order valence-corrected chi connectivity index (χ3v) is 1.71. The lowest BCUT2D eigenvalue weighted by Crippen LogP contribution is -2.09. The Morgan fingerprint density at radius 2 is 2.60 bits per heavy atom. The number of thiocarbonyl (C=S) groups is 1. The lowest BCUT2D eigenvalue weighted by molar-refractivity contribution is -0.396. The summed E-state index contributed by atoms with van der Waals surface area (Å²) in [4.78, 5) is 13.5. The predicted molar refractivity (Wildman–Crippen MR) is 62.2 cm³/mol. The first kappa shape index (κ1) is 11.6. The molecule has 80 valence electrons. The van der Waals surface area contributed by atoms with Crippen LogP contribution in [-0.4, -0.2) is 25.0 Å². The second kappa shape index (κ2) is 4.84. The van der Waals surface area contributed by atoms with Crippen molar-refractivity contribution in [3.63, 3.8) is 0 Å². The van der Waals surface area contributed by atoms with E-state index in [9.17, 15) is 10.1 Å². The normalized spacial score (nSPS) is 10.5. The average Bonchev–Trinajstić information content (AvgIpc) is 2.47. The summed E-state index contributed by atoms with van der Waals surface area (Å²) in [7, 11) is 1.52. The second-order valence-corrected chi connectivity index (χ2v) is 3.63. The van der Waals surface area contributed by atoms with E-state index in [0.717, 1.165) is 0 Å². The fourth-order valence-electron chi connectivity index (χ4n) is 0.856. The molecule has 0 aliphatic rings. The van der Waals surface area contributed by atoms with Crippen LogP contribution in [0.25, 0.3) is 0 Å². The monoisotopic (exact) mass is 245 g/mol. The van der Waals surface area contributed by atoms with Gasteiger partial charge in [-0.3, -0.25) is 5.43 Å². The van der Waals surface area contributed by atoms with Gasteiger partial charge < -0.3 is 10.1 Å². The first-order chi connectivity index (χ1) is 7.02. The van der Waals surface area contributed by atoms with Gasteiger partial charge in [0.05, 0.1) is 13.3 Å². The minimum absolute atomic E-state index is 0.211. The molecule has 1 N–H and O–H groups in total. The molecule has 0 saturated carbocycles. The van der Waals surface area contributed by atoms with Crippen LogP contribution in [0, 0.1) is 10.1 Å². The number of imidazole rings is 1. The van der Waals surface area contributed by atoms with Crippen molar-refractivity contribution >= 4 is 41.3 Å². The van der Waals surface area contributed by atoms with E-state index in [4.69, 9.17) is 0 Å². The van der Waals surface area contributed by atoms with Gasteiger partial charge in [-0.1, -0.05) is 17.2 Å². The van der Waals surface area contributed by atoms with Crippen LogP contribution in [0.3, 0.4) is 0 Å². The molecule has 15 heavy (non-hydrogen) atoms. The number of rotatable bonds is 3. The van der Waals surface area contributed by atoms with E-state index >= 15 is 0 Å². The summed E-state index contributed by atoms with van der Waals surface area (Å²) in [5.41, 5.74) is 2.90. The quantitative estimate of drug-likeness (QED) is 0.266. The van der Waals surface area contributed by atoms with Crippen LogP contribution in [0.2, 0.25) is 0 Å². The molecule has 0 unspecified atom stereocenters. The molecule has 0 fully saturated rings. The van der Waals surface area contributed by atoms with E-state index in [2.05, 4.69) is 40.4 Å². The molecule has 1 rings (SSSR count). The smallest absolute Gasteiger partial charge is 0.390 e. The van der Waals surface area contributed by atoms with Gasteiger partial charge in [0.15, 0.2) is 10.0 Å². The highest BCUT2D eigenvalue weighted by Gasteiger charge is 2.15. The van der Waals surface area contributed by atoms with Gasteiger partial charge in [-0.25, -0.2) is 4.57 Å². The lowest BCUT2D eigenvalue weighted by atomic mass is 10.5. The highest BCUT2D eigenvalue weighted by Crippen LogP contribution is 2.08. The van der Waals surface area contributed by atoms with Crippen LogP contribution in [0.5, 0.6) is 0 Å². The highest BCUT2D eigenvalue weighted by atomic mass is 32.1. The van der Waals surface area contributed by atoms with Crippen LogP contribution in [0.1, 0.15) is 5.69 Å². The number of hydrogen-bond acceptors (Lipinski definition) is 5. The number of nitrogens with zero attached hydrogens (tertiary/aromatic N) is 4.